The van der Waals surface area contributed by atoms with Crippen molar-refractivity contribution in [3.63, 3.8) is 0 Å². The van der Waals surface area contributed by atoms with Gasteiger partial charge in [-0.25, -0.2) is 13.2 Å². The van der Waals surface area contributed by atoms with Crippen molar-refractivity contribution in [2.45, 2.75) is 42.2 Å². The van der Waals surface area contributed by atoms with Crippen molar-refractivity contribution >= 4 is 27.4 Å². The zero-order valence-corrected chi connectivity index (χ0v) is 20.1. The number of carbonyl (C=O) groups is 2. The van der Waals surface area contributed by atoms with Gasteiger partial charge in [0.05, 0.1) is 39.3 Å². The molecule has 1 amide bonds. The zero-order chi connectivity index (χ0) is 24.6. The van der Waals surface area contributed by atoms with E-state index in [1.807, 2.05) is 31.2 Å². The lowest BCUT2D eigenvalue weighted by Gasteiger charge is -2.23. The first-order valence-electron chi connectivity index (χ1n) is 11.5. The molecule has 1 atom stereocenters. The second-order valence-electron chi connectivity index (χ2n) is 8.80. The molecule has 0 radical (unpaired) electrons. The highest BCUT2D eigenvalue weighted by Crippen LogP contribution is 2.38. The molecule has 1 fully saturated rings. The van der Waals surface area contributed by atoms with Crippen LogP contribution in [0.4, 0.5) is 5.69 Å². The third-order valence-corrected chi connectivity index (χ3v) is 8.13. The average molecular weight is 492 g/mol. The highest BCUT2D eigenvalue weighted by molar-refractivity contribution is 7.91. The molecule has 7 nitrogen and oxygen atoms in total. The van der Waals surface area contributed by atoms with Gasteiger partial charge in [0.15, 0.2) is 0 Å². The molecule has 0 bridgehead atoms. The van der Waals surface area contributed by atoms with Crippen LogP contribution in [0.3, 0.4) is 0 Å². The molecule has 2 aliphatic rings. The lowest BCUT2D eigenvalue weighted by Crippen LogP contribution is -2.30. The fourth-order valence-electron chi connectivity index (χ4n) is 4.51. The van der Waals surface area contributed by atoms with E-state index >= 15 is 0 Å². The van der Waals surface area contributed by atoms with Crippen LogP contribution in [-0.2, 0) is 25.9 Å². The molecular weight excluding hydrogens is 466 g/mol. The second kappa shape index (κ2) is 9.28. The van der Waals surface area contributed by atoms with E-state index in [2.05, 4.69) is 0 Å². The van der Waals surface area contributed by atoms with Crippen molar-refractivity contribution in [1.29, 1.82) is 0 Å². The monoisotopic (exact) mass is 491 g/mol. The van der Waals surface area contributed by atoms with Crippen LogP contribution in [0.15, 0.2) is 76.5 Å². The van der Waals surface area contributed by atoms with Crippen LogP contribution in [0.5, 0.6) is 0 Å². The third kappa shape index (κ3) is 4.47. The van der Waals surface area contributed by atoms with E-state index < -0.39 is 21.7 Å². The number of benzene rings is 3. The minimum Gasteiger partial charge on any atom is -0.459 e. The fraction of sp³-hybridized carbons (Fsp3) is 0.259. The van der Waals surface area contributed by atoms with E-state index in [0.29, 0.717) is 6.61 Å². The van der Waals surface area contributed by atoms with Crippen LogP contribution in [0.1, 0.15) is 44.7 Å². The van der Waals surface area contributed by atoms with Gasteiger partial charge in [0.2, 0.25) is 9.84 Å². The summed E-state index contributed by atoms with van der Waals surface area (Å²) in [6.07, 6.45) is 1.62. The fourth-order valence-corrected chi connectivity index (χ4v) is 6.14. The molecule has 35 heavy (non-hydrogen) atoms. The summed E-state index contributed by atoms with van der Waals surface area (Å²) in [7, 11) is -4.01. The smallest absolute Gasteiger partial charge is 0.338 e. The topological polar surface area (TPSA) is 90.0 Å². The van der Waals surface area contributed by atoms with Crippen LogP contribution < -0.4 is 4.90 Å². The lowest BCUT2D eigenvalue weighted by molar-refractivity contribution is 0.0161. The van der Waals surface area contributed by atoms with Crippen molar-refractivity contribution in [3.05, 3.63) is 89.0 Å². The first kappa shape index (κ1) is 23.3. The molecule has 5 rings (SSSR count). The lowest BCUT2D eigenvalue weighted by atomic mass is 10.1. The molecule has 2 heterocycles. The molecule has 8 heteroatoms. The number of anilines is 1. The number of aryl methyl sites for hydroxylation is 1. The summed E-state index contributed by atoms with van der Waals surface area (Å²) in [5.41, 5.74) is 2.28. The first-order valence-corrected chi connectivity index (χ1v) is 13.0. The molecule has 0 N–H and O–H groups in total. The number of fused-ring (bicyclic) bond motifs is 2. The average Bonchev–Trinajstić information content (AvgIpc) is 3.37. The minimum atomic E-state index is -4.01. The summed E-state index contributed by atoms with van der Waals surface area (Å²) in [5, 5.41) is 0. The predicted octanol–water partition coefficient (Wildman–Crippen LogP) is 4.32. The number of sulfone groups is 1. The number of esters is 1. The highest BCUT2D eigenvalue weighted by Gasteiger charge is 2.36. The summed E-state index contributed by atoms with van der Waals surface area (Å²) < 4.78 is 38.1. The van der Waals surface area contributed by atoms with Crippen LogP contribution in [0.2, 0.25) is 0 Å². The van der Waals surface area contributed by atoms with E-state index in [4.69, 9.17) is 9.47 Å². The summed E-state index contributed by atoms with van der Waals surface area (Å²) >= 11 is 0. The summed E-state index contributed by atoms with van der Waals surface area (Å²) in [5.74, 6) is -1.04. The largest absolute Gasteiger partial charge is 0.459 e. The molecule has 2 aliphatic heterocycles. The molecule has 3 aromatic carbocycles. The minimum absolute atomic E-state index is 0.0286. The van der Waals surface area contributed by atoms with Gasteiger partial charge in [0.1, 0.15) is 6.61 Å². The van der Waals surface area contributed by atoms with Gasteiger partial charge >= 0.3 is 5.97 Å². The molecule has 0 saturated carbocycles. The Kier molecular flexibility index (Phi) is 6.17. The third-order valence-electron chi connectivity index (χ3n) is 6.27. The summed E-state index contributed by atoms with van der Waals surface area (Å²) in [6, 6.07) is 18.1. The van der Waals surface area contributed by atoms with Crippen LogP contribution in [0.25, 0.3) is 0 Å². The van der Waals surface area contributed by atoms with Gasteiger partial charge < -0.3 is 14.4 Å². The molecule has 0 aromatic heterocycles. The van der Waals surface area contributed by atoms with Crippen LogP contribution in [0, 0.1) is 6.92 Å². The normalized spacial score (nSPS) is 18.5. The van der Waals surface area contributed by atoms with Gasteiger partial charge in [-0.2, -0.15) is 0 Å². The maximum Gasteiger partial charge on any atom is 0.338 e. The number of rotatable bonds is 5. The van der Waals surface area contributed by atoms with E-state index in [1.54, 1.807) is 12.1 Å². The van der Waals surface area contributed by atoms with Crippen molar-refractivity contribution in [2.75, 3.05) is 18.1 Å². The Morgan fingerprint density at radius 1 is 1.06 bits per heavy atom. The second-order valence-corrected chi connectivity index (χ2v) is 10.7. The molecule has 0 aliphatic carbocycles. The standard InChI is InChI=1S/C27H25NO6S/c1-18-6-4-7-19(14-18)16-28-23-15-20(27(30)34-17-21-8-5-13-33-21)11-12-25(23)35(31,32)24-10-3-2-9-22(24)26(28)29/h2-4,6-7,9-12,14-15,21H,5,8,13,16-17H2,1H3/t21-/m0/s1. The number of nitrogens with zero attached hydrogens (tertiary/aromatic N) is 1. The maximum absolute atomic E-state index is 13.7. The van der Waals surface area contributed by atoms with Crippen molar-refractivity contribution < 1.29 is 27.5 Å². The quantitative estimate of drug-likeness (QED) is 0.494. The Labute approximate surface area is 204 Å². The van der Waals surface area contributed by atoms with Crippen LogP contribution >= 0.6 is 0 Å². The molecule has 0 spiro atoms. The van der Waals surface area contributed by atoms with E-state index in [-0.39, 0.29) is 45.9 Å². The van der Waals surface area contributed by atoms with Crippen molar-refractivity contribution in [1.82, 2.24) is 0 Å². The molecular formula is C27H25NO6S. The van der Waals surface area contributed by atoms with Gasteiger partial charge in [-0.05, 0) is 55.7 Å². The number of hydrogen-bond acceptors (Lipinski definition) is 6. The maximum atomic E-state index is 13.7. The highest BCUT2D eigenvalue weighted by atomic mass is 32.2. The van der Waals surface area contributed by atoms with E-state index in [1.165, 1.54) is 35.2 Å². The van der Waals surface area contributed by atoms with Gasteiger partial charge in [-0.1, -0.05) is 42.0 Å². The van der Waals surface area contributed by atoms with Crippen molar-refractivity contribution in [2.24, 2.45) is 0 Å². The van der Waals surface area contributed by atoms with E-state index in [9.17, 15) is 18.0 Å². The summed E-state index contributed by atoms with van der Waals surface area (Å²) in [6.45, 7) is 2.87. The molecule has 1 saturated heterocycles. The Balaban J connectivity index is 1.59. The number of ether oxygens (including phenoxy) is 2. The Bertz CT molecular complexity index is 1410. The van der Waals surface area contributed by atoms with Gasteiger partial charge in [-0.15, -0.1) is 0 Å². The number of carbonyl (C=O) groups excluding carboxylic acids is 2. The number of amides is 1. The predicted molar refractivity (Wildman–Crippen MR) is 129 cm³/mol. The van der Waals surface area contributed by atoms with Gasteiger partial charge in [0.25, 0.3) is 5.91 Å². The Morgan fingerprint density at radius 3 is 2.66 bits per heavy atom. The molecule has 180 valence electrons. The zero-order valence-electron chi connectivity index (χ0n) is 19.3. The SMILES string of the molecule is Cc1cccc(CN2C(=O)c3ccccc3S(=O)(=O)c3ccc(C(=O)OC[C@@H]4CCCO4)cc32)c1. The summed E-state index contributed by atoms with van der Waals surface area (Å²) in [4.78, 5) is 27.8. The van der Waals surface area contributed by atoms with Gasteiger partial charge in [-0.3, -0.25) is 4.79 Å². The van der Waals surface area contributed by atoms with Gasteiger partial charge in [0, 0.05) is 6.61 Å². The first-order chi connectivity index (χ1) is 16.8. The van der Waals surface area contributed by atoms with Crippen molar-refractivity contribution in [3.8, 4) is 0 Å². The van der Waals surface area contributed by atoms with Crippen LogP contribution in [-0.4, -0.2) is 39.6 Å². The Morgan fingerprint density at radius 2 is 1.89 bits per heavy atom. The van der Waals surface area contributed by atoms with E-state index in [0.717, 1.165) is 24.0 Å². The molecule has 3 aromatic rings. The Hall–Kier alpha value is -3.49. The number of hydrogen-bond donors (Lipinski definition) is 0. The molecule has 0 unspecified atom stereocenters.